The molecule has 0 bridgehead atoms. The minimum Gasteiger partial charge on any atom is -0.468 e. The molecule has 0 spiro atoms. The van der Waals surface area contributed by atoms with Crippen LogP contribution in [0.15, 0.2) is 22.8 Å². The lowest BCUT2D eigenvalue weighted by Gasteiger charge is -2.30. The number of piperazine rings is 1. The molecule has 0 aromatic carbocycles. The molecule has 0 saturated carbocycles. The predicted molar refractivity (Wildman–Crippen MR) is 51.4 cm³/mol. The zero-order chi connectivity index (χ0) is 9.80. The highest BCUT2D eigenvalue weighted by Crippen LogP contribution is 2.09. The Hall–Kier alpha value is -1.31. The van der Waals surface area contributed by atoms with E-state index < -0.39 is 0 Å². The maximum Gasteiger partial charge on any atom is 0.117 e. The standard InChI is InChI=1S/C10H13N3O/c11-6-9-7-12-3-4-13(9)8-10-2-1-5-14-10/h1-2,5,9,12H,3-4,7-8H2. The quantitative estimate of drug-likeness (QED) is 0.742. The molecule has 1 fully saturated rings. The zero-order valence-electron chi connectivity index (χ0n) is 7.94. The van der Waals surface area contributed by atoms with Crippen LogP contribution in [-0.2, 0) is 6.54 Å². The molecule has 0 amide bonds. The second kappa shape index (κ2) is 4.27. The highest BCUT2D eigenvalue weighted by molar-refractivity contribution is 5.02. The topological polar surface area (TPSA) is 52.2 Å². The number of rotatable bonds is 2. The normalized spacial score (nSPS) is 23.2. The first-order valence-electron chi connectivity index (χ1n) is 4.77. The smallest absolute Gasteiger partial charge is 0.117 e. The Bertz CT molecular complexity index is 315. The van der Waals surface area contributed by atoms with Gasteiger partial charge in [0, 0.05) is 19.6 Å². The van der Waals surface area contributed by atoms with Gasteiger partial charge in [-0.1, -0.05) is 0 Å². The molecule has 1 atom stereocenters. The molecule has 4 nitrogen and oxygen atoms in total. The largest absolute Gasteiger partial charge is 0.468 e. The van der Waals surface area contributed by atoms with Crippen molar-refractivity contribution >= 4 is 0 Å². The lowest BCUT2D eigenvalue weighted by molar-refractivity contribution is 0.176. The Balaban J connectivity index is 1.99. The molecule has 0 aliphatic carbocycles. The van der Waals surface area contributed by atoms with Crippen molar-refractivity contribution in [3.63, 3.8) is 0 Å². The van der Waals surface area contributed by atoms with Crippen molar-refractivity contribution in [3.05, 3.63) is 24.2 Å². The molecular formula is C10H13N3O. The van der Waals surface area contributed by atoms with Crippen LogP contribution in [0.5, 0.6) is 0 Å². The fourth-order valence-electron chi connectivity index (χ4n) is 1.67. The third-order valence-electron chi connectivity index (χ3n) is 2.44. The van der Waals surface area contributed by atoms with Crippen molar-refractivity contribution in [2.24, 2.45) is 0 Å². The minimum absolute atomic E-state index is 0.0335. The first-order chi connectivity index (χ1) is 6.90. The van der Waals surface area contributed by atoms with Gasteiger partial charge in [0.15, 0.2) is 0 Å². The van der Waals surface area contributed by atoms with Gasteiger partial charge in [-0.25, -0.2) is 0 Å². The lowest BCUT2D eigenvalue weighted by Crippen LogP contribution is -2.49. The van der Waals surface area contributed by atoms with Gasteiger partial charge in [-0.05, 0) is 12.1 Å². The van der Waals surface area contributed by atoms with Crippen LogP contribution in [0.3, 0.4) is 0 Å². The maximum absolute atomic E-state index is 8.93. The van der Waals surface area contributed by atoms with Crippen LogP contribution in [0.25, 0.3) is 0 Å². The molecule has 2 heterocycles. The monoisotopic (exact) mass is 191 g/mol. The Morgan fingerprint density at radius 3 is 3.36 bits per heavy atom. The fourth-order valence-corrected chi connectivity index (χ4v) is 1.67. The second-order valence-electron chi connectivity index (χ2n) is 3.40. The second-order valence-corrected chi connectivity index (χ2v) is 3.40. The van der Waals surface area contributed by atoms with E-state index in [4.69, 9.17) is 9.68 Å². The van der Waals surface area contributed by atoms with Gasteiger partial charge < -0.3 is 9.73 Å². The molecule has 0 radical (unpaired) electrons. The van der Waals surface area contributed by atoms with Crippen LogP contribution in [0.2, 0.25) is 0 Å². The zero-order valence-corrected chi connectivity index (χ0v) is 7.94. The van der Waals surface area contributed by atoms with E-state index in [-0.39, 0.29) is 6.04 Å². The highest BCUT2D eigenvalue weighted by atomic mass is 16.3. The van der Waals surface area contributed by atoms with Gasteiger partial charge in [-0.15, -0.1) is 0 Å². The summed E-state index contributed by atoms with van der Waals surface area (Å²) in [7, 11) is 0. The molecule has 1 aliphatic heterocycles. The maximum atomic E-state index is 8.93. The highest BCUT2D eigenvalue weighted by Gasteiger charge is 2.22. The summed E-state index contributed by atoms with van der Waals surface area (Å²) in [6.45, 7) is 3.32. The van der Waals surface area contributed by atoms with E-state index in [0.29, 0.717) is 0 Å². The van der Waals surface area contributed by atoms with E-state index in [0.717, 1.165) is 31.9 Å². The summed E-state index contributed by atoms with van der Waals surface area (Å²) in [4.78, 5) is 2.13. The summed E-state index contributed by atoms with van der Waals surface area (Å²) in [5.74, 6) is 0.923. The molecule has 1 saturated heterocycles. The van der Waals surface area contributed by atoms with E-state index in [1.165, 1.54) is 0 Å². The Labute approximate surface area is 83.1 Å². The van der Waals surface area contributed by atoms with Crippen LogP contribution in [0.1, 0.15) is 5.76 Å². The van der Waals surface area contributed by atoms with Gasteiger partial charge in [0.1, 0.15) is 11.8 Å². The lowest BCUT2D eigenvalue weighted by atomic mass is 10.2. The molecule has 1 N–H and O–H groups in total. The van der Waals surface area contributed by atoms with E-state index in [9.17, 15) is 0 Å². The number of hydrogen-bond donors (Lipinski definition) is 1. The Kier molecular flexibility index (Phi) is 2.82. The van der Waals surface area contributed by atoms with E-state index >= 15 is 0 Å². The van der Waals surface area contributed by atoms with Crippen LogP contribution in [-0.4, -0.2) is 30.6 Å². The average molecular weight is 191 g/mol. The molecule has 1 aliphatic rings. The Morgan fingerprint density at radius 1 is 1.71 bits per heavy atom. The van der Waals surface area contributed by atoms with Crippen molar-refractivity contribution in [2.75, 3.05) is 19.6 Å². The van der Waals surface area contributed by atoms with Gasteiger partial charge in [-0.3, -0.25) is 4.90 Å². The summed E-state index contributed by atoms with van der Waals surface area (Å²) in [5.41, 5.74) is 0. The summed E-state index contributed by atoms with van der Waals surface area (Å²) >= 11 is 0. The van der Waals surface area contributed by atoms with Crippen LogP contribution in [0.4, 0.5) is 0 Å². The van der Waals surface area contributed by atoms with Gasteiger partial charge in [-0.2, -0.15) is 5.26 Å². The third-order valence-corrected chi connectivity index (χ3v) is 2.44. The van der Waals surface area contributed by atoms with Crippen molar-refractivity contribution < 1.29 is 4.42 Å². The predicted octanol–water partition coefficient (Wildman–Crippen LogP) is 0.577. The van der Waals surface area contributed by atoms with Crippen LogP contribution >= 0.6 is 0 Å². The van der Waals surface area contributed by atoms with E-state index in [1.54, 1.807) is 6.26 Å². The van der Waals surface area contributed by atoms with E-state index in [2.05, 4.69) is 16.3 Å². The van der Waals surface area contributed by atoms with Crippen molar-refractivity contribution in [2.45, 2.75) is 12.6 Å². The summed E-state index contributed by atoms with van der Waals surface area (Å²) in [6.07, 6.45) is 1.67. The van der Waals surface area contributed by atoms with Crippen LogP contribution < -0.4 is 5.32 Å². The first kappa shape index (κ1) is 9.25. The number of hydrogen-bond acceptors (Lipinski definition) is 4. The molecule has 14 heavy (non-hydrogen) atoms. The third kappa shape index (κ3) is 1.95. The average Bonchev–Trinajstić information content (AvgIpc) is 2.71. The summed E-state index contributed by atoms with van der Waals surface area (Å²) in [6, 6.07) is 6.07. The molecule has 4 heteroatoms. The molecule has 1 unspecified atom stereocenters. The SMILES string of the molecule is N#CC1CNCCN1Cc1ccco1. The molecule has 2 rings (SSSR count). The summed E-state index contributed by atoms with van der Waals surface area (Å²) < 4.78 is 5.26. The molecule has 1 aromatic heterocycles. The molecule has 74 valence electrons. The Morgan fingerprint density at radius 2 is 2.64 bits per heavy atom. The number of nitrogens with zero attached hydrogens (tertiary/aromatic N) is 2. The van der Waals surface area contributed by atoms with Crippen LogP contribution in [0, 0.1) is 11.3 Å². The van der Waals surface area contributed by atoms with Crippen molar-refractivity contribution in [1.82, 2.24) is 10.2 Å². The van der Waals surface area contributed by atoms with Crippen molar-refractivity contribution in [3.8, 4) is 6.07 Å². The molecular weight excluding hydrogens is 178 g/mol. The van der Waals surface area contributed by atoms with E-state index in [1.807, 2.05) is 12.1 Å². The van der Waals surface area contributed by atoms with Gasteiger partial charge >= 0.3 is 0 Å². The molecule has 1 aromatic rings. The number of nitrogens with one attached hydrogen (secondary N) is 1. The van der Waals surface area contributed by atoms with Gasteiger partial charge in [0.25, 0.3) is 0 Å². The minimum atomic E-state index is -0.0335. The van der Waals surface area contributed by atoms with Gasteiger partial charge in [0.05, 0.1) is 18.9 Å². The fraction of sp³-hybridized carbons (Fsp3) is 0.500. The van der Waals surface area contributed by atoms with Crippen molar-refractivity contribution in [1.29, 1.82) is 5.26 Å². The first-order valence-corrected chi connectivity index (χ1v) is 4.77. The number of furan rings is 1. The summed E-state index contributed by atoms with van der Waals surface area (Å²) in [5, 5.41) is 12.1. The van der Waals surface area contributed by atoms with Gasteiger partial charge in [0.2, 0.25) is 0 Å². The number of nitriles is 1.